The number of methoxy groups -OCH3 is 1. The molecule has 0 aliphatic carbocycles. The number of hydrogen-bond acceptors (Lipinski definition) is 4. The zero-order valence-electron chi connectivity index (χ0n) is 11.9. The summed E-state index contributed by atoms with van der Waals surface area (Å²) in [6, 6.07) is 5.18. The predicted molar refractivity (Wildman–Crippen MR) is 75.1 cm³/mol. The third-order valence-corrected chi connectivity index (χ3v) is 2.64. The van der Waals surface area contributed by atoms with Crippen LogP contribution in [0, 0.1) is 5.41 Å². The molecular weight excluding hydrogens is 244 g/mol. The maximum absolute atomic E-state index is 8.71. The van der Waals surface area contributed by atoms with Crippen molar-refractivity contribution in [3.8, 4) is 11.5 Å². The molecule has 1 aromatic rings. The lowest BCUT2D eigenvalue weighted by molar-refractivity contribution is 0.242. The highest BCUT2D eigenvalue weighted by molar-refractivity contribution is 5.97. The lowest BCUT2D eigenvalue weighted by Crippen LogP contribution is -2.14. The average molecular weight is 266 g/mol. The quantitative estimate of drug-likeness (QED) is 0.372. The molecule has 0 saturated heterocycles. The summed E-state index contributed by atoms with van der Waals surface area (Å²) in [7, 11) is 1.56. The third-order valence-electron chi connectivity index (χ3n) is 2.64. The van der Waals surface area contributed by atoms with Gasteiger partial charge in [0, 0.05) is 11.6 Å². The van der Waals surface area contributed by atoms with Crippen molar-refractivity contribution in [3.05, 3.63) is 23.8 Å². The van der Waals surface area contributed by atoms with E-state index in [-0.39, 0.29) is 11.3 Å². The second-order valence-corrected chi connectivity index (χ2v) is 5.54. The van der Waals surface area contributed by atoms with Gasteiger partial charge < -0.3 is 20.4 Å². The number of amidine groups is 1. The maximum Gasteiger partial charge on any atom is 0.170 e. The van der Waals surface area contributed by atoms with Crippen LogP contribution in [0.5, 0.6) is 11.5 Å². The molecule has 0 amide bonds. The number of rotatable bonds is 5. The minimum Gasteiger partial charge on any atom is -0.497 e. The first-order valence-electron chi connectivity index (χ1n) is 6.15. The van der Waals surface area contributed by atoms with Crippen LogP contribution in [0.3, 0.4) is 0 Å². The first kappa shape index (κ1) is 15.1. The van der Waals surface area contributed by atoms with Crippen molar-refractivity contribution in [1.29, 1.82) is 0 Å². The van der Waals surface area contributed by atoms with Crippen LogP contribution in [0.4, 0.5) is 0 Å². The Morgan fingerprint density at radius 3 is 2.42 bits per heavy atom. The van der Waals surface area contributed by atoms with E-state index in [1.807, 2.05) is 0 Å². The Labute approximate surface area is 114 Å². The molecule has 0 aliphatic heterocycles. The van der Waals surface area contributed by atoms with E-state index in [4.69, 9.17) is 20.4 Å². The van der Waals surface area contributed by atoms with Crippen molar-refractivity contribution in [2.75, 3.05) is 13.7 Å². The molecule has 19 heavy (non-hydrogen) atoms. The zero-order chi connectivity index (χ0) is 14.5. The largest absolute Gasteiger partial charge is 0.497 e. The first-order chi connectivity index (χ1) is 8.85. The van der Waals surface area contributed by atoms with Gasteiger partial charge in [-0.1, -0.05) is 25.9 Å². The minimum atomic E-state index is 0.0274. The van der Waals surface area contributed by atoms with Gasteiger partial charge in [0.05, 0.1) is 13.7 Å². The van der Waals surface area contributed by atoms with Gasteiger partial charge in [-0.05, 0) is 24.0 Å². The van der Waals surface area contributed by atoms with E-state index in [0.29, 0.717) is 23.7 Å². The van der Waals surface area contributed by atoms with Gasteiger partial charge in [-0.2, -0.15) is 0 Å². The number of nitrogens with zero attached hydrogens (tertiary/aromatic N) is 1. The van der Waals surface area contributed by atoms with Crippen LogP contribution < -0.4 is 15.2 Å². The van der Waals surface area contributed by atoms with E-state index < -0.39 is 0 Å². The van der Waals surface area contributed by atoms with E-state index in [2.05, 4.69) is 25.9 Å². The first-order valence-corrected chi connectivity index (χ1v) is 6.15. The standard InChI is InChI=1S/C14H22N2O3/c1-14(2,3)5-6-19-12-8-10(13(15)16-17)7-11(9-12)18-4/h7-9,17H,5-6H2,1-4H3,(H2,15,16). The Bertz CT molecular complexity index is 450. The summed E-state index contributed by atoms with van der Waals surface area (Å²) in [5.74, 6) is 1.28. The van der Waals surface area contributed by atoms with Gasteiger partial charge in [0.25, 0.3) is 0 Å². The van der Waals surface area contributed by atoms with Crippen LogP contribution in [-0.4, -0.2) is 24.8 Å². The molecule has 1 aromatic carbocycles. The number of ether oxygens (including phenoxy) is 2. The van der Waals surface area contributed by atoms with Crippen LogP contribution in [0.25, 0.3) is 0 Å². The Hall–Kier alpha value is -1.91. The molecule has 0 aliphatic rings. The van der Waals surface area contributed by atoms with Crippen LogP contribution in [0.2, 0.25) is 0 Å². The molecule has 0 fully saturated rings. The summed E-state index contributed by atoms with van der Waals surface area (Å²) in [5, 5.41) is 11.7. The van der Waals surface area contributed by atoms with Crippen molar-refractivity contribution >= 4 is 5.84 Å². The summed E-state index contributed by atoms with van der Waals surface area (Å²) >= 11 is 0. The average Bonchev–Trinajstić information content (AvgIpc) is 2.35. The summed E-state index contributed by atoms with van der Waals surface area (Å²) < 4.78 is 10.9. The summed E-state index contributed by atoms with van der Waals surface area (Å²) in [5.41, 5.74) is 6.35. The van der Waals surface area contributed by atoms with Gasteiger partial charge in [0.1, 0.15) is 11.5 Å². The zero-order valence-corrected chi connectivity index (χ0v) is 11.9. The lowest BCUT2D eigenvalue weighted by atomic mass is 9.93. The van der Waals surface area contributed by atoms with Gasteiger partial charge in [-0.15, -0.1) is 0 Å². The van der Waals surface area contributed by atoms with Crippen LogP contribution in [-0.2, 0) is 0 Å². The van der Waals surface area contributed by atoms with E-state index in [1.54, 1.807) is 25.3 Å². The molecule has 0 saturated carbocycles. The van der Waals surface area contributed by atoms with E-state index in [0.717, 1.165) is 6.42 Å². The van der Waals surface area contributed by atoms with Crippen LogP contribution >= 0.6 is 0 Å². The van der Waals surface area contributed by atoms with Crippen molar-refractivity contribution in [1.82, 2.24) is 0 Å². The van der Waals surface area contributed by atoms with Gasteiger partial charge in [0.2, 0.25) is 0 Å². The molecule has 0 unspecified atom stereocenters. The van der Waals surface area contributed by atoms with E-state index in [1.165, 1.54) is 0 Å². The minimum absolute atomic E-state index is 0.0274. The maximum atomic E-state index is 8.71. The summed E-state index contributed by atoms with van der Waals surface area (Å²) in [6.45, 7) is 7.07. The third kappa shape index (κ3) is 5.07. The van der Waals surface area contributed by atoms with Crippen molar-refractivity contribution in [3.63, 3.8) is 0 Å². The van der Waals surface area contributed by atoms with Crippen molar-refractivity contribution in [2.45, 2.75) is 27.2 Å². The second-order valence-electron chi connectivity index (χ2n) is 5.54. The summed E-state index contributed by atoms with van der Waals surface area (Å²) in [6.07, 6.45) is 0.934. The highest BCUT2D eigenvalue weighted by Gasteiger charge is 2.11. The van der Waals surface area contributed by atoms with Gasteiger partial charge in [-0.25, -0.2) is 0 Å². The highest BCUT2D eigenvalue weighted by atomic mass is 16.5. The van der Waals surface area contributed by atoms with Crippen molar-refractivity contribution in [2.24, 2.45) is 16.3 Å². The Balaban J connectivity index is 2.83. The smallest absolute Gasteiger partial charge is 0.170 e. The molecule has 0 heterocycles. The molecule has 106 valence electrons. The molecule has 0 spiro atoms. The van der Waals surface area contributed by atoms with Crippen molar-refractivity contribution < 1.29 is 14.7 Å². The topological polar surface area (TPSA) is 77.1 Å². The normalized spacial score (nSPS) is 12.3. The number of nitrogens with two attached hydrogens (primary N) is 1. The fourth-order valence-electron chi connectivity index (χ4n) is 1.45. The molecule has 5 nitrogen and oxygen atoms in total. The fraction of sp³-hybridized carbons (Fsp3) is 0.500. The Kier molecular flexibility index (Phi) is 5.03. The van der Waals surface area contributed by atoms with Gasteiger partial charge in [0.15, 0.2) is 5.84 Å². The van der Waals surface area contributed by atoms with E-state index >= 15 is 0 Å². The predicted octanol–water partition coefficient (Wildman–Crippen LogP) is 2.60. The van der Waals surface area contributed by atoms with E-state index in [9.17, 15) is 0 Å². The fourth-order valence-corrected chi connectivity index (χ4v) is 1.45. The number of oxime groups is 1. The molecule has 0 aromatic heterocycles. The monoisotopic (exact) mass is 266 g/mol. The Morgan fingerprint density at radius 1 is 1.26 bits per heavy atom. The molecule has 3 N–H and O–H groups in total. The highest BCUT2D eigenvalue weighted by Crippen LogP contribution is 2.24. The SMILES string of the molecule is COc1cc(OCCC(C)(C)C)cc(/C(N)=N/O)c1. The number of benzene rings is 1. The molecule has 1 rings (SSSR count). The molecule has 0 atom stereocenters. The molecule has 0 radical (unpaired) electrons. The summed E-state index contributed by atoms with van der Waals surface area (Å²) in [4.78, 5) is 0. The lowest BCUT2D eigenvalue weighted by Gasteiger charge is -2.18. The molecule has 5 heteroatoms. The van der Waals surface area contributed by atoms with Gasteiger partial charge >= 0.3 is 0 Å². The van der Waals surface area contributed by atoms with Crippen LogP contribution in [0.15, 0.2) is 23.4 Å². The van der Waals surface area contributed by atoms with Crippen LogP contribution in [0.1, 0.15) is 32.8 Å². The second kappa shape index (κ2) is 6.31. The number of hydrogen-bond donors (Lipinski definition) is 2. The molecular formula is C14H22N2O3. The Morgan fingerprint density at radius 2 is 1.89 bits per heavy atom. The molecule has 0 bridgehead atoms. The van der Waals surface area contributed by atoms with Gasteiger partial charge in [-0.3, -0.25) is 0 Å².